The first-order chi connectivity index (χ1) is 8.11. The number of hydrogen-bond acceptors (Lipinski definition) is 4. The van der Waals surface area contributed by atoms with Crippen molar-refractivity contribution >= 4 is 11.8 Å². The molecule has 1 saturated heterocycles. The first-order valence-corrected chi connectivity index (χ1v) is 5.62. The Labute approximate surface area is 98.9 Å². The maximum Gasteiger partial charge on any atom is 0.276 e. The molecule has 1 N–H and O–H groups in total. The van der Waals surface area contributed by atoms with Crippen LogP contribution in [0.25, 0.3) is 0 Å². The molecule has 17 heavy (non-hydrogen) atoms. The van der Waals surface area contributed by atoms with E-state index >= 15 is 0 Å². The molecule has 1 aliphatic heterocycles. The molecular weight excluding hydrogens is 222 g/mol. The molecule has 1 aromatic rings. The van der Waals surface area contributed by atoms with E-state index in [0.29, 0.717) is 31.1 Å². The fourth-order valence-corrected chi connectivity index (χ4v) is 1.76. The second-order valence-electron chi connectivity index (χ2n) is 4.12. The molecule has 6 nitrogen and oxygen atoms in total. The van der Waals surface area contributed by atoms with Crippen molar-refractivity contribution in [2.45, 2.75) is 13.8 Å². The molecule has 0 atom stereocenters. The number of likely N-dealkylation sites (tertiary alicyclic amines) is 1. The Morgan fingerprint density at radius 3 is 2.82 bits per heavy atom. The van der Waals surface area contributed by atoms with Gasteiger partial charge in [-0.25, -0.2) is 0 Å². The van der Waals surface area contributed by atoms with Crippen LogP contribution in [0.3, 0.4) is 0 Å². The fraction of sp³-hybridized carbons (Fsp3) is 0.545. The normalized spacial score (nSPS) is 15.5. The molecule has 2 rings (SSSR count). The second-order valence-corrected chi connectivity index (χ2v) is 4.12. The number of hydrogen-bond donors (Lipinski definition) is 1. The van der Waals surface area contributed by atoms with Gasteiger partial charge >= 0.3 is 0 Å². The molecule has 2 amide bonds. The monoisotopic (exact) mass is 237 g/mol. The van der Waals surface area contributed by atoms with Crippen molar-refractivity contribution in [3.05, 3.63) is 17.5 Å². The molecule has 0 spiro atoms. The Kier molecular flexibility index (Phi) is 3.12. The molecule has 1 aliphatic rings. The summed E-state index contributed by atoms with van der Waals surface area (Å²) in [6.07, 6.45) is 0. The highest BCUT2D eigenvalue weighted by molar-refractivity contribution is 5.94. The first-order valence-electron chi connectivity index (χ1n) is 5.62. The minimum Gasteiger partial charge on any atom is -0.361 e. The largest absolute Gasteiger partial charge is 0.361 e. The van der Waals surface area contributed by atoms with Gasteiger partial charge in [-0.15, -0.1) is 0 Å². The van der Waals surface area contributed by atoms with Crippen LogP contribution in [-0.2, 0) is 4.79 Å². The molecule has 0 saturated carbocycles. The van der Waals surface area contributed by atoms with Crippen LogP contribution in [0.4, 0.5) is 0 Å². The molecule has 2 heterocycles. The highest BCUT2D eigenvalue weighted by Gasteiger charge is 2.36. The van der Waals surface area contributed by atoms with Gasteiger partial charge in [0.05, 0.1) is 5.92 Å². The zero-order chi connectivity index (χ0) is 12.4. The molecule has 0 bridgehead atoms. The predicted molar refractivity (Wildman–Crippen MR) is 59.3 cm³/mol. The minimum absolute atomic E-state index is 0.00730. The molecular formula is C11H15N3O3. The van der Waals surface area contributed by atoms with Gasteiger partial charge in [-0.3, -0.25) is 9.59 Å². The van der Waals surface area contributed by atoms with Crippen LogP contribution in [0.1, 0.15) is 23.2 Å². The summed E-state index contributed by atoms with van der Waals surface area (Å²) >= 11 is 0. The quantitative estimate of drug-likeness (QED) is 0.814. The highest BCUT2D eigenvalue weighted by Crippen LogP contribution is 2.18. The molecule has 0 unspecified atom stereocenters. The third-order valence-electron chi connectivity index (χ3n) is 2.74. The van der Waals surface area contributed by atoms with Crippen LogP contribution in [0.5, 0.6) is 0 Å². The van der Waals surface area contributed by atoms with Crippen LogP contribution in [-0.4, -0.2) is 41.5 Å². The standard InChI is InChI=1S/C11H15N3O3/c1-3-12-10(15)8-5-14(6-8)11(16)9-4-7(2)17-13-9/h4,8H,3,5-6H2,1-2H3,(H,12,15). The van der Waals surface area contributed by atoms with Crippen LogP contribution in [0.15, 0.2) is 10.6 Å². The number of rotatable bonds is 3. The lowest BCUT2D eigenvalue weighted by Crippen LogP contribution is -2.55. The summed E-state index contributed by atoms with van der Waals surface area (Å²) in [6.45, 7) is 5.13. The van der Waals surface area contributed by atoms with Crippen molar-refractivity contribution in [3.8, 4) is 0 Å². The summed E-state index contributed by atoms with van der Waals surface area (Å²) < 4.78 is 4.84. The molecule has 1 fully saturated rings. The van der Waals surface area contributed by atoms with Gasteiger partial charge in [0.1, 0.15) is 5.76 Å². The Morgan fingerprint density at radius 1 is 1.59 bits per heavy atom. The average molecular weight is 237 g/mol. The van der Waals surface area contributed by atoms with Gasteiger partial charge in [0, 0.05) is 25.7 Å². The van der Waals surface area contributed by atoms with E-state index in [1.807, 2.05) is 6.92 Å². The van der Waals surface area contributed by atoms with E-state index in [0.717, 1.165) is 0 Å². The zero-order valence-corrected chi connectivity index (χ0v) is 9.90. The number of carbonyl (C=O) groups excluding carboxylic acids is 2. The van der Waals surface area contributed by atoms with E-state index in [-0.39, 0.29) is 17.7 Å². The number of aromatic nitrogens is 1. The van der Waals surface area contributed by atoms with Crippen molar-refractivity contribution in [1.29, 1.82) is 0 Å². The SMILES string of the molecule is CCNC(=O)C1CN(C(=O)c2cc(C)on2)C1. The molecule has 0 aromatic carbocycles. The highest BCUT2D eigenvalue weighted by atomic mass is 16.5. The maximum atomic E-state index is 11.8. The lowest BCUT2D eigenvalue weighted by molar-refractivity contribution is -0.128. The minimum atomic E-state index is -0.178. The van der Waals surface area contributed by atoms with Gasteiger partial charge in [0.15, 0.2) is 5.69 Å². The number of carbonyl (C=O) groups is 2. The van der Waals surface area contributed by atoms with Gasteiger partial charge in [0.25, 0.3) is 5.91 Å². The van der Waals surface area contributed by atoms with Gasteiger partial charge in [-0.1, -0.05) is 5.16 Å². The Balaban J connectivity index is 1.87. The van der Waals surface area contributed by atoms with Crippen molar-refractivity contribution < 1.29 is 14.1 Å². The van der Waals surface area contributed by atoms with Crippen molar-refractivity contribution in [1.82, 2.24) is 15.4 Å². The summed E-state index contributed by atoms with van der Waals surface area (Å²) in [5, 5.41) is 6.40. The van der Waals surface area contributed by atoms with E-state index in [2.05, 4.69) is 10.5 Å². The Bertz CT molecular complexity index is 435. The van der Waals surface area contributed by atoms with Gasteiger partial charge < -0.3 is 14.7 Å². The van der Waals surface area contributed by atoms with Crippen molar-refractivity contribution in [3.63, 3.8) is 0 Å². The van der Waals surface area contributed by atoms with E-state index in [1.165, 1.54) is 0 Å². The summed E-state index contributed by atoms with van der Waals surface area (Å²) in [4.78, 5) is 24.9. The molecule has 92 valence electrons. The molecule has 1 aromatic heterocycles. The van der Waals surface area contributed by atoms with Crippen molar-refractivity contribution in [2.24, 2.45) is 5.92 Å². The van der Waals surface area contributed by atoms with Crippen LogP contribution < -0.4 is 5.32 Å². The summed E-state index contributed by atoms with van der Waals surface area (Å²) in [6, 6.07) is 1.60. The van der Waals surface area contributed by atoms with Crippen LogP contribution in [0.2, 0.25) is 0 Å². The summed E-state index contributed by atoms with van der Waals surface area (Å²) in [5.74, 6) is 0.344. The summed E-state index contributed by atoms with van der Waals surface area (Å²) in [7, 11) is 0. The van der Waals surface area contributed by atoms with Gasteiger partial charge in [-0.2, -0.15) is 0 Å². The predicted octanol–water partition coefficient (Wildman–Crippen LogP) is 0.191. The molecule has 0 radical (unpaired) electrons. The third-order valence-corrected chi connectivity index (χ3v) is 2.74. The summed E-state index contributed by atoms with van der Waals surface area (Å²) in [5.41, 5.74) is 0.303. The van der Waals surface area contributed by atoms with E-state index in [9.17, 15) is 9.59 Å². The number of amides is 2. The van der Waals surface area contributed by atoms with Gasteiger partial charge in [0.2, 0.25) is 5.91 Å². The average Bonchev–Trinajstić information content (AvgIpc) is 2.63. The van der Waals surface area contributed by atoms with Crippen molar-refractivity contribution in [2.75, 3.05) is 19.6 Å². The maximum absolute atomic E-state index is 11.8. The van der Waals surface area contributed by atoms with Crippen LogP contribution in [0, 0.1) is 12.8 Å². The molecule has 0 aliphatic carbocycles. The smallest absolute Gasteiger partial charge is 0.276 e. The lowest BCUT2D eigenvalue weighted by atomic mass is 9.98. The molecule has 6 heteroatoms. The first kappa shape index (κ1) is 11.6. The Morgan fingerprint density at radius 2 is 2.29 bits per heavy atom. The van der Waals surface area contributed by atoms with E-state index < -0.39 is 0 Å². The van der Waals surface area contributed by atoms with E-state index in [4.69, 9.17) is 4.52 Å². The van der Waals surface area contributed by atoms with Crippen LogP contribution >= 0.6 is 0 Å². The Hall–Kier alpha value is -1.85. The topological polar surface area (TPSA) is 75.4 Å². The lowest BCUT2D eigenvalue weighted by Gasteiger charge is -2.37. The van der Waals surface area contributed by atoms with E-state index in [1.54, 1.807) is 17.9 Å². The number of nitrogens with one attached hydrogen (secondary N) is 1. The number of nitrogens with zero attached hydrogens (tertiary/aromatic N) is 2. The third kappa shape index (κ3) is 2.30. The number of aryl methyl sites for hydroxylation is 1. The fourth-order valence-electron chi connectivity index (χ4n) is 1.76. The zero-order valence-electron chi connectivity index (χ0n) is 9.90. The van der Waals surface area contributed by atoms with Gasteiger partial charge in [-0.05, 0) is 13.8 Å². The second kappa shape index (κ2) is 4.57.